The Labute approximate surface area is 185 Å². The molecule has 1 fully saturated rings. The molecular weight excluding hydrogens is 428 g/mol. The first-order valence-electron chi connectivity index (χ1n) is 10.2. The molecule has 0 aromatic rings. The first-order chi connectivity index (χ1) is 15.2. The minimum Gasteiger partial charge on any atom is -0.480 e. The largest absolute Gasteiger partial charge is 0.480 e. The van der Waals surface area contributed by atoms with Crippen molar-refractivity contribution >= 4 is 29.7 Å². The monoisotopic (exact) mass is 460 g/mol. The summed E-state index contributed by atoms with van der Waals surface area (Å²) in [5.41, 5.74) is 0. The van der Waals surface area contributed by atoms with Crippen LogP contribution >= 0.6 is 0 Å². The Balaban J connectivity index is 2.90. The number of hydrogen-bond donors (Lipinski definition) is 6. The highest BCUT2D eigenvalue weighted by molar-refractivity contribution is 5.79. The normalized spacial score (nSPS) is 19.9. The second-order valence-electron chi connectivity index (χ2n) is 7.33. The molecule has 182 valence electrons. The van der Waals surface area contributed by atoms with E-state index in [1.54, 1.807) is 0 Å². The van der Waals surface area contributed by atoms with Crippen LogP contribution < -0.4 is 16.0 Å². The molecule has 0 atom stereocenters. The highest BCUT2D eigenvalue weighted by atomic mass is 16.4. The number of carboxylic acids is 3. The van der Waals surface area contributed by atoms with E-state index < -0.39 is 31.0 Å². The summed E-state index contributed by atoms with van der Waals surface area (Å²) in [5, 5.41) is 35.8. The number of carboxylic acid groups (broad SMARTS) is 3. The van der Waals surface area contributed by atoms with Gasteiger partial charge in [0.15, 0.2) is 0 Å². The maximum atomic E-state index is 12.1. The average molecular weight is 460 g/mol. The van der Waals surface area contributed by atoms with E-state index in [1.165, 1.54) is 14.7 Å². The average Bonchev–Trinajstić information content (AvgIpc) is 2.67. The molecule has 6 N–H and O–H groups in total. The topological polar surface area (TPSA) is 192 Å². The van der Waals surface area contributed by atoms with Crippen LogP contribution in [0.4, 0.5) is 0 Å². The number of hydrogen-bond acceptors (Lipinski definition) is 9. The molecule has 2 amide bonds. The number of carbonyl (C=O) groups excluding carboxylic acids is 2. The first kappa shape index (κ1) is 27.2. The lowest BCUT2D eigenvalue weighted by Gasteiger charge is -2.28. The number of carbonyl (C=O) groups is 5. The summed E-state index contributed by atoms with van der Waals surface area (Å²) < 4.78 is 0. The smallest absolute Gasteiger partial charge is 0.317 e. The Morgan fingerprint density at radius 2 is 0.969 bits per heavy atom. The van der Waals surface area contributed by atoms with Gasteiger partial charge in [-0.1, -0.05) is 0 Å². The van der Waals surface area contributed by atoms with Crippen molar-refractivity contribution in [2.75, 3.05) is 85.1 Å². The quantitative estimate of drug-likeness (QED) is 0.225. The molecule has 0 saturated carbocycles. The van der Waals surface area contributed by atoms with E-state index in [9.17, 15) is 29.1 Å². The summed E-state index contributed by atoms with van der Waals surface area (Å²) in [5.74, 6) is -4.07. The van der Waals surface area contributed by atoms with Gasteiger partial charge in [0.1, 0.15) is 0 Å². The van der Waals surface area contributed by atoms with Gasteiger partial charge in [0.25, 0.3) is 0 Å². The lowest BCUT2D eigenvalue weighted by molar-refractivity contribution is -0.141. The van der Waals surface area contributed by atoms with Crippen LogP contribution in [0.3, 0.4) is 0 Å². The fourth-order valence-electron chi connectivity index (χ4n) is 3.06. The first-order valence-corrected chi connectivity index (χ1v) is 10.2. The third kappa shape index (κ3) is 13.5. The van der Waals surface area contributed by atoms with Gasteiger partial charge in [-0.25, -0.2) is 0 Å². The van der Waals surface area contributed by atoms with Crippen molar-refractivity contribution in [3.63, 3.8) is 0 Å². The standard InChI is InChI=1S/C18H32N6O8/c25-14-9-23(12-17(29)30)7-5-22(11-16(27)28)6-8-24(13-18(31)32)10-15(26)21-4-2-19-1-3-20-14/h19H,1-13H2,(H,20,25)(H,21,26)(H,27,28)(H,29,30)(H,31,32). The molecule has 32 heavy (non-hydrogen) atoms. The molecule has 14 heteroatoms. The van der Waals surface area contributed by atoms with Crippen molar-refractivity contribution in [3.8, 4) is 0 Å². The van der Waals surface area contributed by atoms with Crippen LogP contribution in [0.1, 0.15) is 0 Å². The van der Waals surface area contributed by atoms with Gasteiger partial charge in [0, 0.05) is 52.4 Å². The number of amides is 2. The number of nitrogens with zero attached hydrogens (tertiary/aromatic N) is 3. The summed E-state index contributed by atoms with van der Waals surface area (Å²) >= 11 is 0. The van der Waals surface area contributed by atoms with Crippen molar-refractivity contribution < 1.29 is 39.3 Å². The SMILES string of the molecule is O=C(O)CN1CCN(CC(=O)O)CC(=O)NCCNCCNC(=O)CN(CC(=O)O)CC1. The van der Waals surface area contributed by atoms with Crippen molar-refractivity contribution in [1.82, 2.24) is 30.7 Å². The predicted molar refractivity (Wildman–Crippen MR) is 111 cm³/mol. The van der Waals surface area contributed by atoms with E-state index in [0.29, 0.717) is 26.2 Å². The van der Waals surface area contributed by atoms with E-state index >= 15 is 0 Å². The van der Waals surface area contributed by atoms with Gasteiger partial charge in [-0.15, -0.1) is 0 Å². The Kier molecular flexibility index (Phi) is 12.8. The van der Waals surface area contributed by atoms with E-state index in [0.717, 1.165) is 0 Å². The van der Waals surface area contributed by atoms with Crippen molar-refractivity contribution in [1.29, 1.82) is 0 Å². The van der Waals surface area contributed by atoms with Gasteiger partial charge in [-0.05, 0) is 0 Å². The summed E-state index contributed by atoms with van der Waals surface area (Å²) in [7, 11) is 0. The summed E-state index contributed by atoms with van der Waals surface area (Å²) in [6, 6.07) is 0. The van der Waals surface area contributed by atoms with Gasteiger partial charge in [-0.2, -0.15) is 0 Å². The molecule has 1 heterocycles. The van der Waals surface area contributed by atoms with Gasteiger partial charge < -0.3 is 31.3 Å². The van der Waals surface area contributed by atoms with Crippen LogP contribution in [0.15, 0.2) is 0 Å². The lowest BCUT2D eigenvalue weighted by Crippen LogP contribution is -2.48. The van der Waals surface area contributed by atoms with Crippen LogP contribution in [0.5, 0.6) is 0 Å². The van der Waals surface area contributed by atoms with Crippen LogP contribution in [0, 0.1) is 0 Å². The van der Waals surface area contributed by atoms with Gasteiger partial charge >= 0.3 is 17.9 Å². The summed E-state index contributed by atoms with van der Waals surface area (Å²) in [4.78, 5) is 62.1. The van der Waals surface area contributed by atoms with Crippen LogP contribution in [0.25, 0.3) is 0 Å². The minimum atomic E-state index is -1.12. The summed E-state index contributed by atoms with van der Waals surface area (Å²) in [6.07, 6.45) is 0. The Morgan fingerprint density at radius 1 is 0.625 bits per heavy atom. The molecule has 1 aliphatic rings. The van der Waals surface area contributed by atoms with E-state index in [-0.39, 0.29) is 57.6 Å². The Bertz CT molecular complexity index is 615. The highest BCUT2D eigenvalue weighted by Gasteiger charge is 2.19. The third-order valence-electron chi connectivity index (χ3n) is 4.52. The number of aliphatic carboxylic acids is 3. The molecule has 0 unspecified atom stereocenters. The fraction of sp³-hybridized carbons (Fsp3) is 0.722. The van der Waals surface area contributed by atoms with Crippen molar-refractivity contribution in [2.24, 2.45) is 0 Å². The Hall–Kier alpha value is -2.81. The predicted octanol–water partition coefficient (Wildman–Crippen LogP) is -4.02. The molecular formula is C18H32N6O8. The summed E-state index contributed by atoms with van der Waals surface area (Å²) in [6.45, 7) is 0.565. The third-order valence-corrected chi connectivity index (χ3v) is 4.52. The molecule has 0 aromatic carbocycles. The van der Waals surface area contributed by atoms with E-state index in [2.05, 4.69) is 16.0 Å². The molecule has 1 rings (SSSR count). The molecule has 0 radical (unpaired) electrons. The van der Waals surface area contributed by atoms with Crippen LogP contribution in [-0.2, 0) is 24.0 Å². The zero-order chi connectivity index (χ0) is 23.9. The van der Waals surface area contributed by atoms with Crippen LogP contribution in [-0.4, -0.2) is 145 Å². The zero-order valence-corrected chi connectivity index (χ0v) is 17.9. The maximum absolute atomic E-state index is 12.1. The van der Waals surface area contributed by atoms with Gasteiger partial charge in [0.05, 0.1) is 32.7 Å². The van der Waals surface area contributed by atoms with Gasteiger partial charge in [0.2, 0.25) is 11.8 Å². The molecule has 0 bridgehead atoms. The van der Waals surface area contributed by atoms with Gasteiger partial charge in [-0.3, -0.25) is 38.7 Å². The number of rotatable bonds is 6. The molecule has 0 aromatic heterocycles. The molecule has 0 spiro atoms. The number of nitrogens with one attached hydrogen (secondary N) is 3. The fourth-order valence-corrected chi connectivity index (χ4v) is 3.06. The van der Waals surface area contributed by atoms with Crippen molar-refractivity contribution in [2.45, 2.75) is 0 Å². The van der Waals surface area contributed by atoms with E-state index in [4.69, 9.17) is 10.2 Å². The second-order valence-corrected chi connectivity index (χ2v) is 7.33. The van der Waals surface area contributed by atoms with Crippen molar-refractivity contribution in [3.05, 3.63) is 0 Å². The molecule has 14 nitrogen and oxygen atoms in total. The Morgan fingerprint density at radius 3 is 1.34 bits per heavy atom. The molecule has 1 saturated heterocycles. The second kappa shape index (κ2) is 15.1. The maximum Gasteiger partial charge on any atom is 0.317 e. The highest BCUT2D eigenvalue weighted by Crippen LogP contribution is 1.97. The lowest BCUT2D eigenvalue weighted by atomic mass is 10.3. The molecule has 0 aliphatic carbocycles. The minimum absolute atomic E-state index is 0.116. The zero-order valence-electron chi connectivity index (χ0n) is 17.9. The van der Waals surface area contributed by atoms with E-state index in [1.807, 2.05) is 0 Å². The molecule has 1 aliphatic heterocycles. The van der Waals surface area contributed by atoms with Crippen LogP contribution in [0.2, 0.25) is 0 Å².